The SMILES string of the molecule is CCc1cccc(C)c1-n1c(C)cc(C=C(C#N)C(=O)Nc2ccc(OC)cc2)c1C. The van der Waals surface area contributed by atoms with E-state index in [4.69, 9.17) is 4.74 Å². The Morgan fingerprint density at radius 1 is 1.16 bits per heavy atom. The zero-order chi connectivity index (χ0) is 22.5. The number of aromatic nitrogens is 1. The highest BCUT2D eigenvalue weighted by Crippen LogP contribution is 2.28. The molecule has 1 heterocycles. The largest absolute Gasteiger partial charge is 0.497 e. The first-order valence-electron chi connectivity index (χ1n) is 10.2. The maximum absolute atomic E-state index is 12.7. The van der Waals surface area contributed by atoms with Crippen molar-refractivity contribution in [2.24, 2.45) is 0 Å². The van der Waals surface area contributed by atoms with Crippen LogP contribution in [0.4, 0.5) is 5.69 Å². The summed E-state index contributed by atoms with van der Waals surface area (Å²) in [6.07, 6.45) is 2.58. The van der Waals surface area contributed by atoms with E-state index < -0.39 is 5.91 Å². The van der Waals surface area contributed by atoms with Crippen molar-refractivity contribution in [1.29, 1.82) is 5.26 Å². The Bertz CT molecular complexity index is 1180. The smallest absolute Gasteiger partial charge is 0.266 e. The number of benzene rings is 2. The number of carbonyl (C=O) groups excluding carboxylic acids is 1. The van der Waals surface area contributed by atoms with Crippen LogP contribution in [0.25, 0.3) is 11.8 Å². The second-order valence-corrected chi connectivity index (χ2v) is 7.45. The summed E-state index contributed by atoms with van der Waals surface area (Å²) in [5.41, 5.74) is 7.17. The van der Waals surface area contributed by atoms with Crippen molar-refractivity contribution >= 4 is 17.7 Å². The number of anilines is 1. The highest BCUT2D eigenvalue weighted by Gasteiger charge is 2.16. The van der Waals surface area contributed by atoms with Gasteiger partial charge < -0.3 is 14.6 Å². The molecule has 5 nitrogen and oxygen atoms in total. The van der Waals surface area contributed by atoms with Crippen LogP contribution in [0, 0.1) is 32.1 Å². The van der Waals surface area contributed by atoms with Crippen LogP contribution < -0.4 is 10.1 Å². The number of carbonyl (C=O) groups is 1. The number of ether oxygens (including phenoxy) is 1. The monoisotopic (exact) mass is 413 g/mol. The normalized spacial score (nSPS) is 11.2. The second-order valence-electron chi connectivity index (χ2n) is 7.45. The van der Waals surface area contributed by atoms with Gasteiger partial charge in [0, 0.05) is 17.1 Å². The van der Waals surface area contributed by atoms with Crippen molar-refractivity contribution in [2.45, 2.75) is 34.1 Å². The first kappa shape index (κ1) is 21.9. The van der Waals surface area contributed by atoms with Crippen LogP contribution in [0.2, 0.25) is 0 Å². The molecule has 0 aliphatic heterocycles. The molecule has 158 valence electrons. The van der Waals surface area contributed by atoms with Gasteiger partial charge in [-0.2, -0.15) is 5.26 Å². The number of nitrogens with one attached hydrogen (secondary N) is 1. The molecule has 0 saturated carbocycles. The minimum atomic E-state index is -0.442. The highest BCUT2D eigenvalue weighted by atomic mass is 16.5. The molecule has 1 aromatic heterocycles. The third kappa shape index (κ3) is 4.54. The lowest BCUT2D eigenvalue weighted by Gasteiger charge is -2.17. The lowest BCUT2D eigenvalue weighted by atomic mass is 10.1. The van der Waals surface area contributed by atoms with E-state index in [-0.39, 0.29) is 5.57 Å². The minimum absolute atomic E-state index is 0.0524. The van der Waals surface area contributed by atoms with Crippen LogP contribution in [0.5, 0.6) is 5.75 Å². The van der Waals surface area contributed by atoms with E-state index in [2.05, 4.69) is 41.9 Å². The lowest BCUT2D eigenvalue weighted by molar-refractivity contribution is -0.112. The zero-order valence-electron chi connectivity index (χ0n) is 18.6. The Balaban J connectivity index is 1.96. The Labute approximate surface area is 183 Å². The molecular formula is C26H27N3O2. The summed E-state index contributed by atoms with van der Waals surface area (Å²) < 4.78 is 7.34. The molecule has 0 saturated heterocycles. The number of nitrogens with zero attached hydrogens (tertiary/aromatic N) is 2. The first-order valence-corrected chi connectivity index (χ1v) is 10.2. The van der Waals surface area contributed by atoms with Crippen molar-refractivity contribution in [3.63, 3.8) is 0 Å². The molecule has 1 amide bonds. The summed E-state index contributed by atoms with van der Waals surface area (Å²) in [6.45, 7) is 8.30. The number of hydrogen-bond acceptors (Lipinski definition) is 3. The van der Waals surface area contributed by atoms with Gasteiger partial charge in [-0.15, -0.1) is 0 Å². The fourth-order valence-corrected chi connectivity index (χ4v) is 3.78. The van der Waals surface area contributed by atoms with Crippen LogP contribution in [-0.2, 0) is 11.2 Å². The van der Waals surface area contributed by atoms with E-state index in [1.807, 2.05) is 26.0 Å². The van der Waals surface area contributed by atoms with E-state index in [1.54, 1.807) is 37.5 Å². The first-order chi connectivity index (χ1) is 14.9. The van der Waals surface area contributed by atoms with Gasteiger partial charge >= 0.3 is 0 Å². The number of amides is 1. The van der Waals surface area contributed by atoms with Crippen LogP contribution in [0.1, 0.15) is 35.0 Å². The van der Waals surface area contributed by atoms with E-state index in [9.17, 15) is 10.1 Å². The van der Waals surface area contributed by atoms with Crippen molar-refractivity contribution in [1.82, 2.24) is 4.57 Å². The molecule has 0 radical (unpaired) electrons. The van der Waals surface area contributed by atoms with Crippen molar-refractivity contribution in [3.05, 3.63) is 82.2 Å². The van der Waals surface area contributed by atoms with Crippen molar-refractivity contribution in [3.8, 4) is 17.5 Å². The summed E-state index contributed by atoms with van der Waals surface area (Å²) in [7, 11) is 1.58. The molecule has 0 atom stereocenters. The average Bonchev–Trinajstić information content (AvgIpc) is 3.04. The highest BCUT2D eigenvalue weighted by molar-refractivity contribution is 6.09. The molecule has 5 heteroatoms. The summed E-state index contributed by atoms with van der Waals surface area (Å²) in [5.74, 6) is 0.256. The van der Waals surface area contributed by atoms with Gasteiger partial charge in [-0.1, -0.05) is 25.1 Å². The molecule has 0 bridgehead atoms. The number of aryl methyl sites for hydroxylation is 3. The van der Waals surface area contributed by atoms with Gasteiger partial charge in [0.15, 0.2) is 0 Å². The molecule has 0 spiro atoms. The van der Waals surface area contributed by atoms with Crippen LogP contribution >= 0.6 is 0 Å². The number of para-hydroxylation sites is 1. The van der Waals surface area contributed by atoms with Gasteiger partial charge in [0.25, 0.3) is 5.91 Å². The lowest BCUT2D eigenvalue weighted by Crippen LogP contribution is -2.13. The number of hydrogen-bond donors (Lipinski definition) is 1. The maximum Gasteiger partial charge on any atom is 0.266 e. The van der Waals surface area contributed by atoms with Gasteiger partial charge in [0.1, 0.15) is 17.4 Å². The molecule has 31 heavy (non-hydrogen) atoms. The quantitative estimate of drug-likeness (QED) is 0.427. The molecule has 0 unspecified atom stereocenters. The third-order valence-electron chi connectivity index (χ3n) is 5.41. The van der Waals surface area contributed by atoms with E-state index in [0.717, 1.165) is 23.4 Å². The molecule has 0 aliphatic carbocycles. The molecule has 1 N–H and O–H groups in total. The number of rotatable bonds is 6. The molecular weight excluding hydrogens is 386 g/mol. The summed E-state index contributed by atoms with van der Waals surface area (Å²) in [4.78, 5) is 12.7. The van der Waals surface area contributed by atoms with E-state index in [1.165, 1.54) is 16.8 Å². The topological polar surface area (TPSA) is 67.0 Å². The predicted octanol–water partition coefficient (Wildman–Crippen LogP) is 5.52. The van der Waals surface area contributed by atoms with Crippen LogP contribution in [-0.4, -0.2) is 17.6 Å². The Kier molecular flexibility index (Phi) is 6.61. The molecule has 3 rings (SSSR count). The van der Waals surface area contributed by atoms with Crippen molar-refractivity contribution in [2.75, 3.05) is 12.4 Å². The van der Waals surface area contributed by atoms with Crippen LogP contribution in [0.15, 0.2) is 54.1 Å². The van der Waals surface area contributed by atoms with Gasteiger partial charge in [0.2, 0.25) is 0 Å². The minimum Gasteiger partial charge on any atom is -0.497 e. The summed E-state index contributed by atoms with van der Waals surface area (Å²) in [6, 6.07) is 17.4. The Morgan fingerprint density at radius 2 is 1.87 bits per heavy atom. The zero-order valence-corrected chi connectivity index (χ0v) is 18.6. The van der Waals surface area contributed by atoms with Gasteiger partial charge in [0.05, 0.1) is 12.8 Å². The Hall–Kier alpha value is -3.78. The fourth-order valence-electron chi connectivity index (χ4n) is 3.78. The molecule has 0 aliphatic rings. The molecule has 2 aromatic carbocycles. The van der Waals surface area contributed by atoms with Gasteiger partial charge in [-0.25, -0.2) is 0 Å². The summed E-state index contributed by atoms with van der Waals surface area (Å²) in [5, 5.41) is 12.4. The van der Waals surface area contributed by atoms with E-state index in [0.29, 0.717) is 11.4 Å². The van der Waals surface area contributed by atoms with Crippen LogP contribution in [0.3, 0.4) is 0 Å². The maximum atomic E-state index is 12.7. The standard InChI is InChI=1S/C26H27N3O2/c1-6-20-9-7-8-17(2)25(20)29-18(3)14-21(19(29)4)15-22(16-27)26(30)28-23-10-12-24(31-5)13-11-23/h7-15H,6H2,1-5H3,(H,28,30). The number of methoxy groups -OCH3 is 1. The third-order valence-corrected chi connectivity index (χ3v) is 5.41. The predicted molar refractivity (Wildman–Crippen MR) is 125 cm³/mol. The van der Waals surface area contributed by atoms with Gasteiger partial charge in [-0.3, -0.25) is 4.79 Å². The molecule has 3 aromatic rings. The fraction of sp³-hybridized carbons (Fsp3) is 0.231. The average molecular weight is 414 g/mol. The summed E-state index contributed by atoms with van der Waals surface area (Å²) >= 11 is 0. The van der Waals surface area contributed by atoms with E-state index >= 15 is 0 Å². The number of nitriles is 1. The Morgan fingerprint density at radius 3 is 2.48 bits per heavy atom. The van der Waals surface area contributed by atoms with Gasteiger partial charge in [-0.05, 0) is 80.3 Å². The molecule has 0 fully saturated rings. The van der Waals surface area contributed by atoms with Crippen molar-refractivity contribution < 1.29 is 9.53 Å². The second kappa shape index (κ2) is 9.36.